The molecule has 3 aromatic rings. The Bertz CT molecular complexity index is 874. The Kier molecular flexibility index (Phi) is 4.68. The Hall–Kier alpha value is -2.98. The van der Waals surface area contributed by atoms with E-state index < -0.39 is 5.97 Å². The second-order valence-electron chi connectivity index (χ2n) is 5.18. The highest BCUT2D eigenvalue weighted by atomic mass is 32.1. The fraction of sp³-hybridized carbons (Fsp3) is 0. The molecule has 0 saturated carbocycles. The topological polar surface area (TPSA) is 54.4 Å². The molecule has 1 aromatic heterocycles. The summed E-state index contributed by atoms with van der Waals surface area (Å²) in [5.74, 6) is -1.16. The van der Waals surface area contributed by atoms with Crippen molar-refractivity contribution in [3.05, 3.63) is 88.8 Å². The first-order valence-electron chi connectivity index (χ1n) is 7.33. The molecule has 0 bridgehead atoms. The van der Waals surface area contributed by atoms with Crippen LogP contribution in [0.2, 0.25) is 0 Å². The number of hydrogen-bond donors (Lipinski definition) is 1. The van der Waals surface area contributed by atoms with Crippen molar-refractivity contribution in [3.8, 4) is 10.4 Å². The van der Waals surface area contributed by atoms with Crippen LogP contribution < -0.4 is 0 Å². The number of rotatable bonds is 5. The molecule has 24 heavy (non-hydrogen) atoms. The van der Waals surface area contributed by atoms with Gasteiger partial charge in [0.05, 0.1) is 5.56 Å². The van der Waals surface area contributed by atoms with Crippen molar-refractivity contribution >= 4 is 29.2 Å². The first-order valence-corrected chi connectivity index (χ1v) is 8.21. The molecule has 4 heteroatoms. The molecule has 3 nitrogen and oxygen atoms in total. The lowest BCUT2D eigenvalue weighted by atomic mass is 10.1. The SMILES string of the molecule is O=C(O)c1ccc(C(=O)C=Cc2ccc(-c3cccs3)cc2)cc1. The summed E-state index contributed by atoms with van der Waals surface area (Å²) in [6, 6.07) is 18.0. The second kappa shape index (κ2) is 7.06. The third-order valence-corrected chi connectivity index (χ3v) is 4.48. The van der Waals surface area contributed by atoms with E-state index in [1.54, 1.807) is 17.4 Å². The van der Waals surface area contributed by atoms with Crippen LogP contribution in [0.1, 0.15) is 26.3 Å². The zero-order chi connectivity index (χ0) is 16.9. The molecule has 0 radical (unpaired) electrons. The fourth-order valence-corrected chi connectivity index (χ4v) is 2.98. The van der Waals surface area contributed by atoms with Gasteiger partial charge in [-0.2, -0.15) is 0 Å². The van der Waals surface area contributed by atoms with E-state index in [2.05, 4.69) is 6.07 Å². The number of aromatic carboxylic acids is 1. The molecule has 0 spiro atoms. The van der Waals surface area contributed by atoms with Gasteiger partial charge in [0, 0.05) is 10.4 Å². The minimum absolute atomic E-state index is 0.158. The molecule has 0 fully saturated rings. The molecule has 1 heterocycles. The molecule has 0 aliphatic carbocycles. The molecule has 0 atom stereocenters. The van der Waals surface area contributed by atoms with E-state index in [4.69, 9.17) is 5.11 Å². The first kappa shape index (κ1) is 15.9. The molecule has 0 saturated heterocycles. The van der Waals surface area contributed by atoms with Crippen LogP contribution in [0.3, 0.4) is 0 Å². The zero-order valence-corrected chi connectivity index (χ0v) is 13.5. The minimum atomic E-state index is -1.00. The largest absolute Gasteiger partial charge is 0.478 e. The Morgan fingerprint density at radius 3 is 2.12 bits per heavy atom. The normalized spacial score (nSPS) is 10.8. The summed E-state index contributed by atoms with van der Waals surface area (Å²) in [6.45, 7) is 0. The van der Waals surface area contributed by atoms with Crippen molar-refractivity contribution in [1.29, 1.82) is 0 Å². The molecular formula is C20H14O3S. The number of allylic oxidation sites excluding steroid dienone is 1. The van der Waals surface area contributed by atoms with E-state index in [1.807, 2.05) is 35.7 Å². The number of carboxylic acid groups (broad SMARTS) is 1. The summed E-state index contributed by atoms with van der Waals surface area (Å²) in [5, 5.41) is 10.9. The van der Waals surface area contributed by atoms with E-state index in [0.717, 1.165) is 11.1 Å². The maximum Gasteiger partial charge on any atom is 0.335 e. The van der Waals surface area contributed by atoms with Gasteiger partial charge in [-0.3, -0.25) is 4.79 Å². The average Bonchev–Trinajstić information content (AvgIpc) is 3.15. The predicted octanol–water partition coefficient (Wildman–Crippen LogP) is 5.01. The van der Waals surface area contributed by atoms with Gasteiger partial charge < -0.3 is 5.11 Å². The fourth-order valence-electron chi connectivity index (χ4n) is 2.25. The van der Waals surface area contributed by atoms with E-state index in [-0.39, 0.29) is 11.3 Å². The number of ketones is 1. The van der Waals surface area contributed by atoms with E-state index >= 15 is 0 Å². The quantitative estimate of drug-likeness (QED) is 0.527. The number of carbonyl (C=O) groups is 2. The number of carbonyl (C=O) groups excluding carboxylic acids is 1. The lowest BCUT2D eigenvalue weighted by Gasteiger charge is -1.99. The standard InChI is InChI=1S/C20H14O3S/c21-18(15-8-10-17(11-9-15)20(22)23)12-5-14-3-6-16(7-4-14)19-2-1-13-24-19/h1-13H,(H,22,23). The van der Waals surface area contributed by atoms with Crippen LogP contribution >= 0.6 is 11.3 Å². The van der Waals surface area contributed by atoms with Crippen molar-refractivity contribution in [3.63, 3.8) is 0 Å². The third kappa shape index (κ3) is 3.67. The minimum Gasteiger partial charge on any atom is -0.478 e. The highest BCUT2D eigenvalue weighted by molar-refractivity contribution is 7.13. The van der Waals surface area contributed by atoms with Gasteiger partial charge in [-0.25, -0.2) is 4.79 Å². The number of carboxylic acids is 1. The van der Waals surface area contributed by atoms with Gasteiger partial charge in [0.2, 0.25) is 0 Å². The second-order valence-corrected chi connectivity index (χ2v) is 6.13. The highest BCUT2D eigenvalue weighted by Gasteiger charge is 2.05. The average molecular weight is 334 g/mol. The Morgan fingerprint density at radius 2 is 1.54 bits per heavy atom. The van der Waals surface area contributed by atoms with Crippen LogP contribution in [0.15, 0.2) is 72.1 Å². The van der Waals surface area contributed by atoms with Gasteiger partial charge in [0.1, 0.15) is 0 Å². The highest BCUT2D eigenvalue weighted by Crippen LogP contribution is 2.24. The number of hydrogen-bond acceptors (Lipinski definition) is 3. The van der Waals surface area contributed by atoms with E-state index in [9.17, 15) is 9.59 Å². The van der Waals surface area contributed by atoms with E-state index in [1.165, 1.54) is 35.2 Å². The van der Waals surface area contributed by atoms with Crippen LogP contribution in [0.5, 0.6) is 0 Å². The molecular weight excluding hydrogens is 320 g/mol. The van der Waals surface area contributed by atoms with Crippen LogP contribution in [-0.2, 0) is 0 Å². The summed E-state index contributed by atoms with van der Waals surface area (Å²) in [4.78, 5) is 24.1. The van der Waals surface area contributed by atoms with Crippen molar-refractivity contribution in [2.45, 2.75) is 0 Å². The van der Waals surface area contributed by atoms with Gasteiger partial charge in [-0.1, -0.05) is 48.5 Å². The molecule has 118 valence electrons. The Labute approximate surface area is 143 Å². The summed E-state index contributed by atoms with van der Waals surface area (Å²) in [6.07, 6.45) is 3.25. The Balaban J connectivity index is 1.70. The number of benzene rings is 2. The maximum absolute atomic E-state index is 12.1. The summed E-state index contributed by atoms with van der Waals surface area (Å²) < 4.78 is 0. The summed E-state index contributed by atoms with van der Waals surface area (Å²) in [7, 11) is 0. The van der Waals surface area contributed by atoms with Gasteiger partial charge in [0.25, 0.3) is 0 Å². The van der Waals surface area contributed by atoms with Gasteiger partial charge in [-0.15, -0.1) is 11.3 Å². The molecule has 0 aliphatic heterocycles. The number of thiophene rings is 1. The molecule has 1 N–H and O–H groups in total. The summed E-state index contributed by atoms with van der Waals surface area (Å²) >= 11 is 1.69. The van der Waals surface area contributed by atoms with Crippen molar-refractivity contribution in [2.75, 3.05) is 0 Å². The van der Waals surface area contributed by atoms with Crippen LogP contribution in [-0.4, -0.2) is 16.9 Å². The van der Waals surface area contributed by atoms with Crippen LogP contribution in [0.4, 0.5) is 0 Å². The maximum atomic E-state index is 12.1. The van der Waals surface area contributed by atoms with Gasteiger partial charge >= 0.3 is 5.97 Å². The van der Waals surface area contributed by atoms with Gasteiger partial charge in [0.15, 0.2) is 5.78 Å². The molecule has 2 aromatic carbocycles. The monoisotopic (exact) mass is 334 g/mol. The Morgan fingerprint density at radius 1 is 0.875 bits per heavy atom. The zero-order valence-electron chi connectivity index (χ0n) is 12.7. The third-order valence-electron chi connectivity index (χ3n) is 3.56. The van der Waals surface area contributed by atoms with Gasteiger partial charge in [-0.05, 0) is 40.8 Å². The molecule has 0 unspecified atom stereocenters. The molecule has 3 rings (SSSR count). The van der Waals surface area contributed by atoms with Crippen molar-refractivity contribution in [1.82, 2.24) is 0 Å². The van der Waals surface area contributed by atoms with Crippen LogP contribution in [0.25, 0.3) is 16.5 Å². The van der Waals surface area contributed by atoms with Crippen molar-refractivity contribution in [2.24, 2.45) is 0 Å². The van der Waals surface area contributed by atoms with Crippen LogP contribution in [0, 0.1) is 0 Å². The molecule has 0 aliphatic rings. The van der Waals surface area contributed by atoms with E-state index in [0.29, 0.717) is 5.56 Å². The van der Waals surface area contributed by atoms with Crippen molar-refractivity contribution < 1.29 is 14.7 Å². The lowest BCUT2D eigenvalue weighted by Crippen LogP contribution is -1.98. The molecule has 0 amide bonds. The lowest BCUT2D eigenvalue weighted by molar-refractivity contribution is 0.0696. The predicted molar refractivity (Wildman–Crippen MR) is 96.5 cm³/mol. The smallest absolute Gasteiger partial charge is 0.335 e. The summed E-state index contributed by atoms with van der Waals surface area (Å²) in [5.41, 5.74) is 2.72. The first-order chi connectivity index (χ1) is 11.6.